The SMILES string of the molecule is COC(=O)NCCCCC(CCCN=[N+]=[N-])NC(=O)OC. The molecular weight excluding hydrogens is 278 g/mol. The molecule has 0 bridgehead atoms. The molecule has 0 fully saturated rings. The predicted molar refractivity (Wildman–Crippen MR) is 76.8 cm³/mol. The molecule has 1 unspecified atom stereocenters. The lowest BCUT2D eigenvalue weighted by Crippen LogP contribution is -2.35. The van der Waals surface area contributed by atoms with Crippen molar-refractivity contribution in [1.82, 2.24) is 10.6 Å². The second kappa shape index (κ2) is 12.9. The van der Waals surface area contributed by atoms with E-state index in [1.54, 1.807) is 0 Å². The van der Waals surface area contributed by atoms with Gasteiger partial charge in [-0.3, -0.25) is 0 Å². The molecule has 0 saturated carbocycles. The minimum Gasteiger partial charge on any atom is -0.453 e. The number of amides is 2. The van der Waals surface area contributed by atoms with Gasteiger partial charge in [0, 0.05) is 24.0 Å². The minimum atomic E-state index is -0.475. The Morgan fingerprint density at radius 1 is 1.14 bits per heavy atom. The van der Waals surface area contributed by atoms with E-state index in [0.29, 0.717) is 25.9 Å². The number of unbranched alkanes of at least 4 members (excludes halogenated alkanes) is 1. The summed E-state index contributed by atoms with van der Waals surface area (Å²) in [5.74, 6) is 0. The highest BCUT2D eigenvalue weighted by molar-refractivity contribution is 5.67. The summed E-state index contributed by atoms with van der Waals surface area (Å²) in [5.41, 5.74) is 8.20. The van der Waals surface area contributed by atoms with E-state index in [9.17, 15) is 9.59 Å². The quantitative estimate of drug-likeness (QED) is 0.278. The number of methoxy groups -OCH3 is 2. The summed E-state index contributed by atoms with van der Waals surface area (Å²) in [6, 6.07) is -0.0375. The third-order valence-electron chi connectivity index (χ3n) is 2.82. The van der Waals surface area contributed by atoms with Crippen LogP contribution < -0.4 is 10.6 Å². The highest BCUT2D eigenvalue weighted by Gasteiger charge is 2.11. The number of carbonyl (C=O) groups is 2. The van der Waals surface area contributed by atoms with Gasteiger partial charge < -0.3 is 20.1 Å². The van der Waals surface area contributed by atoms with E-state index in [4.69, 9.17) is 5.53 Å². The summed E-state index contributed by atoms with van der Waals surface area (Å²) in [6.45, 7) is 0.927. The molecule has 0 aromatic carbocycles. The van der Waals surface area contributed by atoms with Crippen LogP contribution in [0.25, 0.3) is 10.4 Å². The van der Waals surface area contributed by atoms with E-state index < -0.39 is 12.2 Å². The van der Waals surface area contributed by atoms with Gasteiger partial charge >= 0.3 is 12.2 Å². The number of nitrogens with one attached hydrogen (secondary N) is 2. The molecule has 0 rings (SSSR count). The lowest BCUT2D eigenvalue weighted by atomic mass is 10.0. The Kier molecular flexibility index (Phi) is 11.5. The number of carbonyl (C=O) groups excluding carboxylic acids is 2. The first-order chi connectivity index (χ1) is 10.1. The van der Waals surface area contributed by atoms with E-state index >= 15 is 0 Å². The summed E-state index contributed by atoms with van der Waals surface area (Å²) in [6.07, 6.45) is 2.85. The standard InChI is InChI=1S/C12H23N5O4/c1-20-11(18)14-8-4-3-6-10(16-12(19)21-2)7-5-9-15-17-13/h10H,3-9H2,1-2H3,(H,14,18)(H,16,19). The zero-order valence-electron chi connectivity index (χ0n) is 12.5. The number of hydrogen-bond acceptors (Lipinski definition) is 5. The fourth-order valence-electron chi connectivity index (χ4n) is 1.75. The van der Waals surface area contributed by atoms with Crippen molar-refractivity contribution in [3.8, 4) is 0 Å². The molecule has 1 atom stereocenters. The van der Waals surface area contributed by atoms with E-state index in [1.807, 2.05) is 0 Å². The van der Waals surface area contributed by atoms with Gasteiger partial charge in [0.2, 0.25) is 0 Å². The van der Waals surface area contributed by atoms with E-state index in [2.05, 4.69) is 30.1 Å². The first-order valence-electron chi connectivity index (χ1n) is 6.81. The summed E-state index contributed by atoms with van der Waals surface area (Å²) in [7, 11) is 2.63. The lowest BCUT2D eigenvalue weighted by molar-refractivity contribution is 0.164. The predicted octanol–water partition coefficient (Wildman–Crippen LogP) is 2.33. The summed E-state index contributed by atoms with van der Waals surface area (Å²) >= 11 is 0. The van der Waals surface area contributed by atoms with E-state index in [1.165, 1.54) is 14.2 Å². The van der Waals surface area contributed by atoms with Crippen molar-refractivity contribution in [1.29, 1.82) is 0 Å². The van der Waals surface area contributed by atoms with Gasteiger partial charge in [0.05, 0.1) is 14.2 Å². The van der Waals surface area contributed by atoms with Crippen LogP contribution in [0.3, 0.4) is 0 Å². The fourth-order valence-corrected chi connectivity index (χ4v) is 1.75. The molecule has 2 N–H and O–H groups in total. The lowest BCUT2D eigenvalue weighted by Gasteiger charge is -2.17. The summed E-state index contributed by atoms with van der Waals surface area (Å²) < 4.78 is 9.03. The summed E-state index contributed by atoms with van der Waals surface area (Å²) in [4.78, 5) is 24.8. The molecule has 21 heavy (non-hydrogen) atoms. The molecule has 0 spiro atoms. The maximum atomic E-state index is 11.2. The number of azide groups is 1. The molecule has 0 aromatic rings. The van der Waals surface area contributed by atoms with Crippen LogP contribution in [0.15, 0.2) is 5.11 Å². The number of ether oxygens (including phenoxy) is 2. The Labute approximate surface area is 124 Å². The average molecular weight is 301 g/mol. The topological polar surface area (TPSA) is 125 Å². The first-order valence-corrected chi connectivity index (χ1v) is 6.81. The molecule has 9 nitrogen and oxygen atoms in total. The Balaban J connectivity index is 3.94. The molecule has 2 amide bonds. The Bertz CT molecular complexity index is 358. The number of alkyl carbamates (subject to hydrolysis) is 2. The zero-order chi connectivity index (χ0) is 15.9. The minimum absolute atomic E-state index is 0.0375. The van der Waals surface area contributed by atoms with Crippen molar-refractivity contribution in [2.24, 2.45) is 5.11 Å². The van der Waals surface area contributed by atoms with Gasteiger partial charge in [-0.25, -0.2) is 9.59 Å². The molecule has 120 valence electrons. The van der Waals surface area contributed by atoms with Gasteiger partial charge in [0.1, 0.15) is 0 Å². The monoisotopic (exact) mass is 301 g/mol. The van der Waals surface area contributed by atoms with Crippen LogP contribution in [0, 0.1) is 0 Å². The molecule has 0 radical (unpaired) electrons. The van der Waals surface area contributed by atoms with Crippen LogP contribution >= 0.6 is 0 Å². The van der Waals surface area contributed by atoms with Crippen LogP contribution in [0.2, 0.25) is 0 Å². The molecule has 0 aliphatic carbocycles. The van der Waals surface area contributed by atoms with Crippen LogP contribution in [0.4, 0.5) is 9.59 Å². The molecule has 9 heteroatoms. The average Bonchev–Trinajstić information content (AvgIpc) is 2.50. The maximum absolute atomic E-state index is 11.2. The van der Waals surface area contributed by atoms with Gasteiger partial charge in [-0.15, -0.1) is 0 Å². The third kappa shape index (κ3) is 11.4. The first kappa shape index (κ1) is 18.9. The largest absolute Gasteiger partial charge is 0.453 e. The normalized spacial score (nSPS) is 11.0. The van der Waals surface area contributed by atoms with Crippen LogP contribution in [0.1, 0.15) is 32.1 Å². The van der Waals surface area contributed by atoms with Crippen molar-refractivity contribution < 1.29 is 19.1 Å². The Morgan fingerprint density at radius 3 is 2.43 bits per heavy atom. The van der Waals surface area contributed by atoms with Gasteiger partial charge in [-0.05, 0) is 37.6 Å². The maximum Gasteiger partial charge on any atom is 0.407 e. The van der Waals surface area contributed by atoms with Crippen molar-refractivity contribution in [2.75, 3.05) is 27.3 Å². The highest BCUT2D eigenvalue weighted by atomic mass is 16.5. The van der Waals surface area contributed by atoms with Gasteiger partial charge in [-0.2, -0.15) is 0 Å². The molecule has 0 aliphatic rings. The number of rotatable bonds is 10. The Hall–Kier alpha value is -2.15. The van der Waals surface area contributed by atoms with Crippen LogP contribution in [0.5, 0.6) is 0 Å². The highest BCUT2D eigenvalue weighted by Crippen LogP contribution is 2.08. The second-order valence-corrected chi connectivity index (χ2v) is 4.34. The van der Waals surface area contributed by atoms with Crippen molar-refractivity contribution in [2.45, 2.75) is 38.1 Å². The van der Waals surface area contributed by atoms with Crippen molar-refractivity contribution in [3.63, 3.8) is 0 Å². The van der Waals surface area contributed by atoms with Crippen molar-refractivity contribution in [3.05, 3.63) is 10.4 Å². The van der Waals surface area contributed by atoms with Crippen LogP contribution in [-0.2, 0) is 9.47 Å². The smallest absolute Gasteiger partial charge is 0.407 e. The molecule has 0 aromatic heterocycles. The van der Waals surface area contributed by atoms with Gasteiger partial charge in [-0.1, -0.05) is 5.11 Å². The van der Waals surface area contributed by atoms with Gasteiger partial charge in [0.25, 0.3) is 0 Å². The van der Waals surface area contributed by atoms with E-state index in [0.717, 1.165) is 19.3 Å². The van der Waals surface area contributed by atoms with Crippen LogP contribution in [-0.4, -0.2) is 45.5 Å². The van der Waals surface area contributed by atoms with E-state index in [-0.39, 0.29) is 6.04 Å². The summed E-state index contributed by atoms with van der Waals surface area (Å²) in [5, 5.41) is 8.79. The zero-order valence-corrected chi connectivity index (χ0v) is 12.5. The number of hydrogen-bond donors (Lipinski definition) is 2. The van der Waals surface area contributed by atoms with Gasteiger partial charge in [0.15, 0.2) is 0 Å². The third-order valence-corrected chi connectivity index (χ3v) is 2.82. The molecule has 0 aliphatic heterocycles. The molecule has 0 saturated heterocycles. The fraction of sp³-hybridized carbons (Fsp3) is 0.833. The molecule has 0 heterocycles. The van der Waals surface area contributed by atoms with Crippen molar-refractivity contribution >= 4 is 12.2 Å². The second-order valence-electron chi connectivity index (χ2n) is 4.34. The number of nitrogens with zero attached hydrogens (tertiary/aromatic N) is 3. The Morgan fingerprint density at radius 2 is 1.81 bits per heavy atom. The molecular formula is C12H23N5O4.